The minimum absolute atomic E-state index is 0.0408. The molecule has 31 heavy (non-hydrogen) atoms. The molecule has 3 amide bonds. The second-order valence-electron chi connectivity index (χ2n) is 7.05. The molecule has 1 unspecified atom stereocenters. The average Bonchev–Trinajstić information content (AvgIpc) is 2.94. The number of amides is 3. The van der Waals surface area contributed by atoms with Crippen molar-refractivity contribution >= 4 is 45.0 Å². The maximum Gasteiger partial charge on any atom is 0.264 e. The Bertz CT molecular complexity index is 1280. The molecule has 2 N–H and O–H groups in total. The average molecular weight is 464 g/mol. The maximum absolute atomic E-state index is 14.2. The SMILES string of the molecule is C=C1CCC(N2C(=O)c3ccc(NS(=O)(=O)c4cccc(Cl)c4F)cc3C2=O)C(=O)N1. The molecule has 0 aromatic heterocycles. The Morgan fingerprint density at radius 3 is 2.55 bits per heavy atom. The first-order valence-corrected chi connectivity index (χ1v) is 10.9. The maximum atomic E-state index is 14.2. The van der Waals surface area contributed by atoms with Gasteiger partial charge in [-0.1, -0.05) is 24.2 Å². The quantitative estimate of drug-likeness (QED) is 0.677. The Hall–Kier alpha value is -3.24. The number of hydrogen-bond acceptors (Lipinski definition) is 5. The lowest BCUT2D eigenvalue weighted by molar-refractivity contribution is -0.125. The first kappa shape index (κ1) is 21.0. The monoisotopic (exact) mass is 463 g/mol. The van der Waals surface area contributed by atoms with Crippen LogP contribution < -0.4 is 10.0 Å². The first-order chi connectivity index (χ1) is 14.6. The van der Waals surface area contributed by atoms with Crippen molar-refractivity contribution in [3.05, 3.63) is 70.6 Å². The number of sulfonamides is 1. The highest BCUT2D eigenvalue weighted by Crippen LogP contribution is 2.31. The van der Waals surface area contributed by atoms with E-state index >= 15 is 0 Å². The van der Waals surface area contributed by atoms with Gasteiger partial charge in [-0.05, 0) is 43.2 Å². The highest BCUT2D eigenvalue weighted by atomic mass is 35.5. The van der Waals surface area contributed by atoms with Gasteiger partial charge in [0.05, 0.1) is 16.1 Å². The van der Waals surface area contributed by atoms with E-state index in [1.54, 1.807) is 0 Å². The Labute approximate surface area is 181 Å². The van der Waals surface area contributed by atoms with Crippen molar-refractivity contribution in [1.29, 1.82) is 0 Å². The minimum atomic E-state index is -4.36. The lowest BCUT2D eigenvalue weighted by Crippen LogP contribution is -2.51. The zero-order valence-corrected chi connectivity index (χ0v) is 17.4. The van der Waals surface area contributed by atoms with Crippen molar-refractivity contribution in [1.82, 2.24) is 10.2 Å². The van der Waals surface area contributed by atoms with Gasteiger partial charge in [0.25, 0.3) is 21.8 Å². The summed E-state index contributed by atoms with van der Waals surface area (Å²) >= 11 is 5.65. The molecule has 1 atom stereocenters. The molecule has 11 heteroatoms. The number of fused-ring (bicyclic) bond motifs is 1. The number of halogens is 2. The third-order valence-corrected chi connectivity index (χ3v) is 6.70. The lowest BCUT2D eigenvalue weighted by Gasteiger charge is -2.29. The number of allylic oxidation sites excluding steroid dienone is 1. The molecule has 2 aliphatic heterocycles. The molecule has 2 aromatic carbocycles. The Morgan fingerprint density at radius 1 is 1.13 bits per heavy atom. The molecule has 2 aromatic rings. The van der Waals surface area contributed by atoms with Crippen LogP contribution in [0.5, 0.6) is 0 Å². The fourth-order valence-corrected chi connectivity index (χ4v) is 4.90. The molecule has 2 heterocycles. The molecule has 0 bridgehead atoms. The number of nitrogens with one attached hydrogen (secondary N) is 2. The standard InChI is InChI=1S/C20H15ClFN3O5S/c1-10-5-8-15(18(26)23-10)25-19(27)12-7-6-11(9-13(12)20(25)28)24-31(29,30)16-4-2-3-14(21)17(16)22/h2-4,6-7,9,15,24H,1,5,8H2,(H,23,26). The van der Waals surface area contributed by atoms with E-state index < -0.39 is 44.5 Å². The number of rotatable bonds is 4. The van der Waals surface area contributed by atoms with Crippen molar-refractivity contribution in [2.45, 2.75) is 23.8 Å². The second-order valence-corrected chi connectivity index (χ2v) is 9.10. The van der Waals surface area contributed by atoms with Crippen molar-refractivity contribution in [2.24, 2.45) is 0 Å². The smallest absolute Gasteiger partial charge is 0.264 e. The number of carbonyl (C=O) groups is 3. The minimum Gasteiger partial charge on any atom is -0.329 e. The summed E-state index contributed by atoms with van der Waals surface area (Å²) in [6.45, 7) is 3.66. The summed E-state index contributed by atoms with van der Waals surface area (Å²) in [5, 5.41) is 2.17. The second kappa shape index (κ2) is 7.47. The number of anilines is 1. The number of carbonyl (C=O) groups excluding carboxylic acids is 3. The number of piperidine rings is 1. The summed E-state index contributed by atoms with van der Waals surface area (Å²) in [7, 11) is -4.36. The normalized spacial score (nSPS) is 18.8. The fraction of sp³-hybridized carbons (Fsp3) is 0.150. The van der Waals surface area contributed by atoms with Gasteiger partial charge >= 0.3 is 0 Å². The Kier molecular flexibility index (Phi) is 5.06. The zero-order chi connectivity index (χ0) is 22.5. The molecule has 4 rings (SSSR count). The molecule has 0 radical (unpaired) electrons. The molecule has 0 spiro atoms. The number of imide groups is 1. The molecule has 160 valence electrons. The van der Waals surface area contributed by atoms with Gasteiger partial charge in [0.1, 0.15) is 10.9 Å². The summed E-state index contributed by atoms with van der Waals surface area (Å²) in [6.07, 6.45) is 0.656. The van der Waals surface area contributed by atoms with E-state index in [1.165, 1.54) is 30.3 Å². The van der Waals surface area contributed by atoms with Crippen LogP contribution in [0.1, 0.15) is 33.6 Å². The van der Waals surface area contributed by atoms with Gasteiger partial charge in [-0.25, -0.2) is 12.8 Å². The van der Waals surface area contributed by atoms with Crippen LogP contribution in [0.3, 0.4) is 0 Å². The third-order valence-electron chi connectivity index (χ3n) is 5.01. The summed E-state index contributed by atoms with van der Waals surface area (Å²) in [4.78, 5) is 38.0. The van der Waals surface area contributed by atoms with Crippen LogP contribution in [0.4, 0.5) is 10.1 Å². The number of benzene rings is 2. The van der Waals surface area contributed by atoms with Gasteiger partial charge in [-0.3, -0.25) is 24.0 Å². The summed E-state index contributed by atoms with van der Waals surface area (Å²) in [5.74, 6) is -2.99. The third kappa shape index (κ3) is 3.57. The van der Waals surface area contributed by atoms with Crippen LogP contribution in [0.2, 0.25) is 5.02 Å². The predicted octanol–water partition coefficient (Wildman–Crippen LogP) is 2.67. The van der Waals surface area contributed by atoms with Crippen LogP contribution in [0.25, 0.3) is 0 Å². The van der Waals surface area contributed by atoms with Crippen LogP contribution in [0, 0.1) is 5.82 Å². The van der Waals surface area contributed by atoms with Gasteiger partial charge in [0, 0.05) is 11.4 Å². The van der Waals surface area contributed by atoms with E-state index in [0.717, 1.165) is 11.0 Å². The molecule has 2 aliphatic rings. The van der Waals surface area contributed by atoms with Gasteiger partial charge in [0.15, 0.2) is 5.82 Å². The van der Waals surface area contributed by atoms with E-state index in [1.807, 2.05) is 0 Å². The summed E-state index contributed by atoms with van der Waals surface area (Å²) in [6, 6.07) is 6.28. The molecular formula is C20H15ClFN3O5S. The topological polar surface area (TPSA) is 113 Å². The van der Waals surface area contributed by atoms with E-state index in [-0.39, 0.29) is 28.3 Å². The van der Waals surface area contributed by atoms with E-state index in [9.17, 15) is 27.2 Å². The largest absolute Gasteiger partial charge is 0.329 e. The summed E-state index contributed by atoms with van der Waals surface area (Å²) in [5.41, 5.74) is 0.429. The van der Waals surface area contributed by atoms with Crippen molar-refractivity contribution < 1.29 is 27.2 Å². The van der Waals surface area contributed by atoms with Gasteiger partial charge in [0.2, 0.25) is 5.91 Å². The molecule has 0 aliphatic carbocycles. The molecular weight excluding hydrogens is 449 g/mol. The summed E-state index contributed by atoms with van der Waals surface area (Å²) < 4.78 is 41.5. The Morgan fingerprint density at radius 2 is 1.84 bits per heavy atom. The predicted molar refractivity (Wildman–Crippen MR) is 109 cm³/mol. The van der Waals surface area contributed by atoms with Crippen LogP contribution in [-0.4, -0.2) is 37.1 Å². The van der Waals surface area contributed by atoms with E-state index in [0.29, 0.717) is 12.1 Å². The van der Waals surface area contributed by atoms with Crippen LogP contribution in [-0.2, 0) is 14.8 Å². The zero-order valence-electron chi connectivity index (χ0n) is 15.8. The molecule has 1 fully saturated rings. The van der Waals surface area contributed by atoms with Crippen molar-refractivity contribution in [3.8, 4) is 0 Å². The van der Waals surface area contributed by atoms with Crippen LogP contribution in [0.15, 0.2) is 53.6 Å². The highest BCUT2D eigenvalue weighted by Gasteiger charge is 2.44. The Balaban J connectivity index is 1.64. The van der Waals surface area contributed by atoms with Crippen molar-refractivity contribution in [3.63, 3.8) is 0 Å². The first-order valence-electron chi connectivity index (χ1n) is 9.07. The fourth-order valence-electron chi connectivity index (χ4n) is 3.52. The highest BCUT2D eigenvalue weighted by molar-refractivity contribution is 7.92. The van der Waals surface area contributed by atoms with Gasteiger partial charge in [-0.15, -0.1) is 0 Å². The molecule has 1 saturated heterocycles. The van der Waals surface area contributed by atoms with Gasteiger partial charge < -0.3 is 5.32 Å². The molecule has 8 nitrogen and oxygen atoms in total. The van der Waals surface area contributed by atoms with Gasteiger partial charge in [-0.2, -0.15) is 0 Å². The number of hydrogen-bond donors (Lipinski definition) is 2. The van der Waals surface area contributed by atoms with Crippen LogP contribution >= 0.6 is 11.6 Å². The van der Waals surface area contributed by atoms with Crippen molar-refractivity contribution in [2.75, 3.05) is 4.72 Å². The molecule has 0 saturated carbocycles. The lowest BCUT2D eigenvalue weighted by atomic mass is 10.0. The van der Waals surface area contributed by atoms with E-state index in [4.69, 9.17) is 11.6 Å². The van der Waals surface area contributed by atoms with E-state index in [2.05, 4.69) is 16.6 Å². The number of nitrogens with zero attached hydrogens (tertiary/aromatic N) is 1.